The number of carbonyl (C=O) groups excluding carboxylic acids is 1. The molecule has 0 aliphatic heterocycles. The Morgan fingerprint density at radius 1 is 1.07 bits per heavy atom. The van der Waals surface area contributed by atoms with Crippen molar-refractivity contribution in [1.29, 1.82) is 0 Å². The van der Waals surface area contributed by atoms with Gasteiger partial charge >= 0.3 is 12.1 Å². The van der Waals surface area contributed by atoms with E-state index in [-0.39, 0.29) is 37.1 Å². The lowest BCUT2D eigenvalue weighted by Crippen LogP contribution is -2.39. The Hall–Kier alpha value is -4.89. The van der Waals surface area contributed by atoms with Crippen molar-refractivity contribution in [3.63, 3.8) is 0 Å². The number of hydrogen-bond acceptors (Lipinski definition) is 8. The number of rotatable bonds is 7. The fraction of sp³-hybridized carbons (Fsp3) is 0.107. The molecule has 3 aromatic carbocycles. The van der Waals surface area contributed by atoms with Crippen molar-refractivity contribution in [2.24, 2.45) is 7.05 Å². The smallest absolute Gasteiger partial charge is 0.493 e. The van der Waals surface area contributed by atoms with Gasteiger partial charge in [0.2, 0.25) is 5.82 Å². The highest BCUT2D eigenvalue weighted by Crippen LogP contribution is 2.41. The summed E-state index contributed by atoms with van der Waals surface area (Å²) in [4.78, 5) is 28.6. The van der Waals surface area contributed by atoms with Gasteiger partial charge in [-0.1, -0.05) is 39.4 Å². The third-order valence-corrected chi connectivity index (χ3v) is 8.24. The van der Waals surface area contributed by atoms with Crippen LogP contribution in [0.4, 0.5) is 23.4 Å². The number of sulfonamides is 1. The minimum Gasteiger partial charge on any atom is -0.496 e. The van der Waals surface area contributed by atoms with E-state index in [9.17, 15) is 35.6 Å². The van der Waals surface area contributed by atoms with E-state index < -0.39 is 44.3 Å². The number of aromatic nitrogens is 2. The Morgan fingerprint density at radius 3 is 2.45 bits per heavy atom. The van der Waals surface area contributed by atoms with Crippen LogP contribution >= 0.6 is 11.6 Å². The zero-order chi connectivity index (χ0) is 32.0. The average Bonchev–Trinajstić information content (AvgIpc) is 3.50. The molecule has 44 heavy (non-hydrogen) atoms. The first-order valence-corrected chi connectivity index (χ1v) is 14.1. The van der Waals surface area contributed by atoms with Gasteiger partial charge < -0.3 is 18.7 Å². The third kappa shape index (κ3) is 5.58. The number of hydrogen-bond donors (Lipinski definition) is 0. The number of pyridine rings is 1. The van der Waals surface area contributed by atoms with Crippen LogP contribution in [0.3, 0.4) is 0 Å². The van der Waals surface area contributed by atoms with Crippen molar-refractivity contribution >= 4 is 44.2 Å². The quantitative estimate of drug-likeness (QED) is 0.158. The first-order valence-electron chi connectivity index (χ1n) is 12.2. The van der Waals surface area contributed by atoms with Gasteiger partial charge in [0.1, 0.15) is 17.8 Å². The minimum absolute atomic E-state index is 0.0512. The summed E-state index contributed by atoms with van der Waals surface area (Å²) in [6.07, 6.45) is -3.37. The summed E-state index contributed by atoms with van der Waals surface area (Å²) in [6.45, 7) is 0. The monoisotopic (exact) mass is 651 g/mol. The number of methoxy groups -OCH3 is 1. The largest absolute Gasteiger partial charge is 0.496 e. The highest BCUT2D eigenvalue weighted by Gasteiger charge is 2.45. The van der Waals surface area contributed by atoms with E-state index in [2.05, 4.69) is 14.5 Å². The second kappa shape index (κ2) is 11.3. The van der Waals surface area contributed by atoms with E-state index in [1.54, 1.807) is 6.07 Å². The van der Waals surface area contributed by atoms with Crippen molar-refractivity contribution in [2.75, 3.05) is 11.6 Å². The summed E-state index contributed by atoms with van der Waals surface area (Å²) in [7, 11) is -2.28. The molecule has 0 aliphatic rings. The Morgan fingerprint density at radius 2 is 1.82 bits per heavy atom. The van der Waals surface area contributed by atoms with Crippen LogP contribution in [0.2, 0.25) is 5.02 Å². The van der Waals surface area contributed by atoms with Crippen LogP contribution in [0.1, 0.15) is 0 Å². The second-order valence-corrected chi connectivity index (χ2v) is 11.3. The van der Waals surface area contributed by atoms with Crippen molar-refractivity contribution in [1.82, 2.24) is 9.72 Å². The van der Waals surface area contributed by atoms with Crippen LogP contribution in [-0.2, 0) is 26.7 Å². The topological polar surface area (TPSA) is 121 Å². The Kier molecular flexibility index (Phi) is 7.86. The van der Waals surface area contributed by atoms with Crippen molar-refractivity contribution in [2.45, 2.75) is 11.1 Å². The van der Waals surface area contributed by atoms with Crippen LogP contribution in [0.25, 0.3) is 33.0 Å². The van der Waals surface area contributed by atoms with Gasteiger partial charge in [-0.2, -0.15) is 21.6 Å². The normalized spacial score (nSPS) is 11.9. The van der Waals surface area contributed by atoms with Crippen LogP contribution in [0.5, 0.6) is 5.75 Å². The number of ether oxygens (including phenoxy) is 1. The van der Waals surface area contributed by atoms with Crippen molar-refractivity contribution in [3.05, 3.63) is 94.3 Å². The van der Waals surface area contributed by atoms with Gasteiger partial charge in [-0.05, 0) is 47.3 Å². The molecule has 0 unspecified atom stereocenters. The summed E-state index contributed by atoms with van der Waals surface area (Å²) in [5.74, 6) is -3.89. The molecule has 5 aromatic rings. The van der Waals surface area contributed by atoms with Gasteiger partial charge in [0, 0.05) is 40.8 Å². The number of alkyl halides is 3. The number of halogens is 5. The Bertz CT molecular complexity index is 2080. The molecule has 5 rings (SSSR count). The minimum atomic E-state index is -5.53. The van der Waals surface area contributed by atoms with E-state index >= 15 is 0 Å². The van der Waals surface area contributed by atoms with E-state index in [0.717, 1.165) is 29.0 Å². The summed E-state index contributed by atoms with van der Waals surface area (Å²) in [6, 6.07) is 12.8. The summed E-state index contributed by atoms with van der Waals surface area (Å²) in [5, 5.41) is 3.81. The van der Waals surface area contributed by atoms with Gasteiger partial charge in [0.25, 0.3) is 15.6 Å². The number of nitrogens with zero attached hydrogens (tertiary/aromatic N) is 3. The number of benzene rings is 3. The molecule has 0 saturated carbocycles. The molecule has 0 aliphatic carbocycles. The predicted octanol–water partition coefficient (Wildman–Crippen LogP) is 5.88. The highest BCUT2D eigenvalue weighted by atomic mass is 35.5. The van der Waals surface area contributed by atoms with Crippen molar-refractivity contribution in [3.8, 4) is 28.0 Å². The molecule has 0 fully saturated rings. The SMILES string of the molecule is COc1cc(-c2cccc(F)c2)c(Cl)cc1-c1c(=O)n(C)cc2cc(S(=O)(=O)N(OC(=O)C(F)(F)F)c3ccon3)ccc12. The molecular weight excluding hydrogens is 634 g/mol. The molecule has 0 saturated heterocycles. The average molecular weight is 652 g/mol. The molecular formula is C28H18ClF4N3O7S. The molecule has 0 radical (unpaired) electrons. The Labute approximate surface area is 250 Å². The first-order chi connectivity index (χ1) is 20.7. The lowest BCUT2D eigenvalue weighted by atomic mass is 9.96. The lowest BCUT2D eigenvalue weighted by molar-refractivity contribution is -0.199. The maximum Gasteiger partial charge on any atom is 0.493 e. The number of aryl methyl sites for hydroxylation is 1. The maximum atomic E-state index is 13.9. The molecule has 0 atom stereocenters. The van der Waals surface area contributed by atoms with Crippen LogP contribution in [0.15, 0.2) is 87.3 Å². The van der Waals surface area contributed by atoms with Crippen LogP contribution in [-0.4, -0.2) is 37.4 Å². The highest BCUT2D eigenvalue weighted by molar-refractivity contribution is 7.92. The van der Waals surface area contributed by atoms with Gasteiger partial charge in [-0.25, -0.2) is 9.18 Å². The third-order valence-electron chi connectivity index (χ3n) is 6.38. The fourth-order valence-corrected chi connectivity index (χ4v) is 5.88. The van der Waals surface area contributed by atoms with Gasteiger partial charge in [0.15, 0.2) is 0 Å². The maximum absolute atomic E-state index is 13.9. The zero-order valence-electron chi connectivity index (χ0n) is 22.4. The molecule has 2 aromatic heterocycles. The first kappa shape index (κ1) is 30.6. The summed E-state index contributed by atoms with van der Waals surface area (Å²) in [5.41, 5.74) is 0.615. The van der Waals surface area contributed by atoms with Gasteiger partial charge in [-0.3, -0.25) is 4.79 Å². The molecule has 0 N–H and O–H groups in total. The van der Waals surface area contributed by atoms with Crippen molar-refractivity contribution < 1.29 is 44.9 Å². The van der Waals surface area contributed by atoms with Gasteiger partial charge in [-0.15, -0.1) is 0 Å². The van der Waals surface area contributed by atoms with Gasteiger partial charge in [0.05, 0.1) is 17.6 Å². The molecule has 10 nitrogen and oxygen atoms in total. The van der Waals surface area contributed by atoms with E-state index in [1.807, 2.05) is 0 Å². The van der Waals surface area contributed by atoms with E-state index in [4.69, 9.17) is 16.3 Å². The fourth-order valence-electron chi connectivity index (χ4n) is 4.39. The Balaban J connectivity index is 1.67. The number of anilines is 1. The predicted molar refractivity (Wildman–Crippen MR) is 150 cm³/mol. The van der Waals surface area contributed by atoms with Crippen LogP contribution < -0.4 is 14.8 Å². The summed E-state index contributed by atoms with van der Waals surface area (Å²) >= 11 is 6.57. The molecule has 0 spiro atoms. The molecule has 228 valence electrons. The molecule has 0 bridgehead atoms. The molecule has 16 heteroatoms. The summed E-state index contributed by atoms with van der Waals surface area (Å²) < 4.78 is 90.6. The standard InChI is InChI=1S/C28H18ClF4N3O7S/c1-35-14-16-11-18(44(39,40)36(24-8-9-42-34-24)43-27(38)28(31,32)33)6-7-19(16)25(26(35)37)21-12-22(29)20(13-23(21)41-2)15-4-3-5-17(30)10-15/h3-14H,1-2H3. The second-order valence-electron chi connectivity index (χ2n) is 9.18. The van der Waals surface area contributed by atoms with E-state index in [1.165, 1.54) is 56.8 Å². The van der Waals surface area contributed by atoms with Crippen LogP contribution in [0, 0.1) is 5.82 Å². The number of fused-ring (bicyclic) bond motifs is 1. The van der Waals surface area contributed by atoms with E-state index in [0.29, 0.717) is 11.1 Å². The zero-order valence-corrected chi connectivity index (χ0v) is 24.0. The molecule has 2 heterocycles. The number of carbonyl (C=O) groups is 1. The molecule has 0 amide bonds. The lowest BCUT2D eigenvalue weighted by Gasteiger charge is -2.21.